The Balaban J connectivity index is 1.34. The fourth-order valence-electron chi connectivity index (χ4n) is 5.21. The lowest BCUT2D eigenvalue weighted by molar-refractivity contribution is 0.100. The van der Waals surface area contributed by atoms with Crippen molar-refractivity contribution in [3.8, 4) is 0 Å². The minimum atomic E-state index is -0.861. The Morgan fingerprint density at radius 3 is 2.39 bits per heavy atom. The highest BCUT2D eigenvalue weighted by Crippen LogP contribution is 2.44. The van der Waals surface area contributed by atoms with Crippen LogP contribution in [0, 0.1) is 0 Å². The van der Waals surface area contributed by atoms with Crippen LogP contribution in [0.2, 0.25) is 0 Å². The summed E-state index contributed by atoms with van der Waals surface area (Å²) in [5.74, 6) is -0.222. The van der Waals surface area contributed by atoms with Crippen LogP contribution in [0.1, 0.15) is 22.3 Å². The number of hydrogen-bond donors (Lipinski definition) is 3. The van der Waals surface area contributed by atoms with Crippen LogP contribution in [0.15, 0.2) is 78.9 Å². The topological polar surface area (TPSA) is 98.9 Å². The summed E-state index contributed by atoms with van der Waals surface area (Å²) >= 11 is 0. The molecule has 168 valence electrons. The minimum Gasteiger partial charge on any atom is -0.465 e. The van der Waals surface area contributed by atoms with E-state index in [-0.39, 0.29) is 11.9 Å². The molecule has 3 aromatic carbocycles. The van der Waals surface area contributed by atoms with E-state index in [9.17, 15) is 14.7 Å². The van der Waals surface area contributed by atoms with Gasteiger partial charge in [0, 0.05) is 30.4 Å². The van der Waals surface area contributed by atoms with E-state index >= 15 is 0 Å². The Labute approximate surface area is 192 Å². The third-order valence-corrected chi connectivity index (χ3v) is 6.76. The largest absolute Gasteiger partial charge is 0.465 e. The van der Waals surface area contributed by atoms with Crippen molar-refractivity contribution < 1.29 is 14.7 Å². The monoisotopic (exact) mass is 442 g/mol. The smallest absolute Gasteiger partial charge is 0.407 e. The summed E-state index contributed by atoms with van der Waals surface area (Å²) in [6, 6.07) is 24.8. The molecule has 0 radical (unpaired) electrons. The van der Waals surface area contributed by atoms with E-state index in [2.05, 4.69) is 22.3 Å². The molecule has 2 atom stereocenters. The zero-order valence-corrected chi connectivity index (χ0v) is 18.1. The SMILES string of the molecule is Nc1ccccc1NC(=O)c1ccc(N2C[C@]3(Cc4ccccc4)C[C@H]2CN3C(=O)O)cc1. The number of likely N-dealkylation sites (tertiary alicyclic amines) is 1. The van der Waals surface area contributed by atoms with Gasteiger partial charge in [0.05, 0.1) is 16.9 Å². The standard InChI is InChI=1S/C26H26N4O3/c27-22-8-4-5-9-23(22)28-24(31)19-10-12-20(13-11-19)29-17-26(14-18-6-2-1-3-7-18)15-21(29)16-30(26)25(32)33/h1-13,21H,14-17,27H2,(H,28,31)(H,32,33)/t21-,26-/m0/s1. The van der Waals surface area contributed by atoms with E-state index in [0.29, 0.717) is 36.4 Å². The third-order valence-electron chi connectivity index (χ3n) is 6.76. The van der Waals surface area contributed by atoms with Crippen LogP contribution in [0.3, 0.4) is 0 Å². The summed E-state index contributed by atoms with van der Waals surface area (Å²) in [7, 11) is 0. The van der Waals surface area contributed by atoms with Crippen LogP contribution in [-0.4, -0.2) is 46.7 Å². The first-order chi connectivity index (χ1) is 15.9. The highest BCUT2D eigenvalue weighted by molar-refractivity contribution is 6.05. The molecule has 0 aromatic heterocycles. The molecule has 5 rings (SSSR count). The van der Waals surface area contributed by atoms with Crippen molar-refractivity contribution in [3.05, 3.63) is 90.0 Å². The molecule has 4 N–H and O–H groups in total. The zero-order chi connectivity index (χ0) is 23.0. The number of fused-ring (bicyclic) bond motifs is 2. The van der Waals surface area contributed by atoms with Gasteiger partial charge >= 0.3 is 6.09 Å². The highest BCUT2D eigenvalue weighted by Gasteiger charge is 2.56. The number of carbonyl (C=O) groups excluding carboxylic acids is 1. The molecule has 2 amide bonds. The van der Waals surface area contributed by atoms with Gasteiger partial charge < -0.3 is 21.1 Å². The van der Waals surface area contributed by atoms with Crippen LogP contribution < -0.4 is 16.0 Å². The number of piperazine rings is 1. The predicted octanol–water partition coefficient (Wildman–Crippen LogP) is 4.07. The average Bonchev–Trinajstić information content (AvgIpc) is 3.37. The van der Waals surface area contributed by atoms with Gasteiger partial charge in [0.1, 0.15) is 0 Å². The van der Waals surface area contributed by atoms with E-state index in [0.717, 1.165) is 17.7 Å². The number of nitrogens with one attached hydrogen (secondary N) is 1. The van der Waals surface area contributed by atoms with Gasteiger partial charge in [-0.05, 0) is 54.8 Å². The first-order valence-corrected chi connectivity index (χ1v) is 11.0. The first kappa shape index (κ1) is 20.9. The number of carbonyl (C=O) groups is 2. The molecule has 2 bridgehead atoms. The zero-order valence-electron chi connectivity index (χ0n) is 18.1. The van der Waals surface area contributed by atoms with Crippen LogP contribution in [0.4, 0.5) is 21.9 Å². The van der Waals surface area contributed by atoms with Gasteiger partial charge in [-0.1, -0.05) is 42.5 Å². The number of carboxylic acid groups (broad SMARTS) is 1. The van der Waals surface area contributed by atoms with E-state index in [1.54, 1.807) is 29.2 Å². The number of amides is 2. The van der Waals surface area contributed by atoms with Crippen molar-refractivity contribution in [1.29, 1.82) is 0 Å². The maximum atomic E-state index is 12.6. The van der Waals surface area contributed by atoms with E-state index < -0.39 is 11.6 Å². The Morgan fingerprint density at radius 1 is 1.00 bits per heavy atom. The molecule has 0 aliphatic carbocycles. The summed E-state index contributed by atoms with van der Waals surface area (Å²) < 4.78 is 0. The molecular formula is C26H26N4O3. The summed E-state index contributed by atoms with van der Waals surface area (Å²) in [4.78, 5) is 28.5. The van der Waals surface area contributed by atoms with E-state index in [1.165, 1.54) is 0 Å². The molecule has 2 fully saturated rings. The molecule has 2 aliphatic rings. The van der Waals surface area contributed by atoms with Gasteiger partial charge in [-0.2, -0.15) is 0 Å². The number of rotatable bonds is 5. The predicted molar refractivity (Wildman–Crippen MR) is 129 cm³/mol. The van der Waals surface area contributed by atoms with Crippen molar-refractivity contribution in [2.75, 3.05) is 29.0 Å². The summed E-state index contributed by atoms with van der Waals surface area (Å²) in [6.07, 6.45) is 0.621. The second kappa shape index (κ2) is 8.16. The van der Waals surface area contributed by atoms with Crippen LogP contribution in [0.25, 0.3) is 0 Å². The number of hydrogen-bond acceptors (Lipinski definition) is 4. The van der Waals surface area contributed by atoms with Gasteiger partial charge in [-0.3, -0.25) is 9.69 Å². The second-order valence-corrected chi connectivity index (χ2v) is 8.85. The number of para-hydroxylation sites is 2. The van der Waals surface area contributed by atoms with Crippen molar-refractivity contribution in [3.63, 3.8) is 0 Å². The molecule has 33 heavy (non-hydrogen) atoms. The van der Waals surface area contributed by atoms with Crippen LogP contribution in [-0.2, 0) is 6.42 Å². The average molecular weight is 443 g/mol. The highest BCUT2D eigenvalue weighted by atomic mass is 16.4. The number of nitrogens with zero attached hydrogens (tertiary/aromatic N) is 2. The van der Waals surface area contributed by atoms with E-state index in [1.807, 2.05) is 42.5 Å². The summed E-state index contributed by atoms with van der Waals surface area (Å²) in [5.41, 5.74) is 9.25. The number of nitrogen functional groups attached to an aromatic ring is 1. The molecule has 0 saturated carbocycles. The molecule has 2 saturated heterocycles. The number of anilines is 3. The van der Waals surface area contributed by atoms with Gasteiger partial charge in [-0.15, -0.1) is 0 Å². The summed E-state index contributed by atoms with van der Waals surface area (Å²) in [5, 5.41) is 12.7. The Morgan fingerprint density at radius 2 is 1.70 bits per heavy atom. The molecule has 2 heterocycles. The third kappa shape index (κ3) is 3.86. The van der Waals surface area contributed by atoms with E-state index in [4.69, 9.17) is 5.73 Å². The quantitative estimate of drug-likeness (QED) is 0.517. The molecule has 0 unspecified atom stereocenters. The number of nitrogens with two attached hydrogens (primary N) is 1. The normalized spacial score (nSPS) is 21.3. The lowest BCUT2D eigenvalue weighted by Crippen LogP contribution is -2.57. The fourth-order valence-corrected chi connectivity index (χ4v) is 5.21. The lowest BCUT2D eigenvalue weighted by atomic mass is 9.90. The Bertz CT molecular complexity index is 1180. The van der Waals surface area contributed by atoms with Crippen molar-refractivity contribution in [2.45, 2.75) is 24.4 Å². The fraction of sp³-hybridized carbons (Fsp3) is 0.231. The Kier molecular flexibility index (Phi) is 5.17. The Hall–Kier alpha value is -4.00. The number of benzene rings is 3. The van der Waals surface area contributed by atoms with Crippen molar-refractivity contribution in [2.24, 2.45) is 0 Å². The van der Waals surface area contributed by atoms with Crippen molar-refractivity contribution in [1.82, 2.24) is 4.90 Å². The maximum Gasteiger partial charge on any atom is 0.407 e. The van der Waals surface area contributed by atoms with Gasteiger partial charge in [0.2, 0.25) is 0 Å². The molecule has 0 spiro atoms. The molecule has 7 nitrogen and oxygen atoms in total. The van der Waals surface area contributed by atoms with Crippen LogP contribution in [0.5, 0.6) is 0 Å². The summed E-state index contributed by atoms with van der Waals surface area (Å²) in [6.45, 7) is 1.11. The molecular weight excluding hydrogens is 416 g/mol. The van der Waals surface area contributed by atoms with Gasteiger partial charge in [0.15, 0.2) is 0 Å². The van der Waals surface area contributed by atoms with Gasteiger partial charge in [-0.25, -0.2) is 4.79 Å². The van der Waals surface area contributed by atoms with Crippen molar-refractivity contribution >= 4 is 29.1 Å². The second-order valence-electron chi connectivity index (χ2n) is 8.85. The molecule has 2 aliphatic heterocycles. The minimum absolute atomic E-state index is 0.119. The molecule has 3 aromatic rings. The first-order valence-electron chi connectivity index (χ1n) is 11.0. The van der Waals surface area contributed by atoms with Crippen LogP contribution >= 0.6 is 0 Å². The lowest BCUT2D eigenvalue weighted by Gasteiger charge is -2.41. The maximum absolute atomic E-state index is 12.6. The molecule has 7 heteroatoms. The van der Waals surface area contributed by atoms with Gasteiger partial charge in [0.25, 0.3) is 5.91 Å².